The molecule has 4 fully saturated rings. The average Bonchev–Trinajstić information content (AvgIpc) is 3.17. The number of rotatable bonds is 8. The van der Waals surface area contributed by atoms with E-state index in [0.717, 1.165) is 22.8 Å². The van der Waals surface area contributed by atoms with E-state index in [1.807, 2.05) is 0 Å². The Kier molecular flexibility index (Phi) is 19.4. The van der Waals surface area contributed by atoms with Crippen LogP contribution in [0.5, 0.6) is 0 Å². The SMILES string of the molecule is CC(=Nc1c(C2CCCCC2)cc(C)cc1C1CCCCC1)c1cccc(C(C)=Nc2c(C3CCCCC3)cc(C)cc2C2CCCCC2)n1.[Cl-].[Cl-].[Cl-].[V]. The van der Waals surface area contributed by atoms with Crippen LogP contribution < -0.4 is 37.2 Å². The van der Waals surface area contributed by atoms with Gasteiger partial charge in [-0.2, -0.15) is 0 Å². The summed E-state index contributed by atoms with van der Waals surface area (Å²) in [5, 5.41) is 0. The van der Waals surface area contributed by atoms with Crippen LogP contribution in [-0.2, 0) is 18.6 Å². The summed E-state index contributed by atoms with van der Waals surface area (Å²) in [6.45, 7) is 8.99. The zero-order chi connectivity index (χ0) is 34.5. The zero-order valence-corrected chi connectivity index (χ0v) is 37.1. The third kappa shape index (κ3) is 11.3. The van der Waals surface area contributed by atoms with Gasteiger partial charge >= 0.3 is 0 Å². The van der Waals surface area contributed by atoms with Crippen molar-refractivity contribution in [3.05, 3.63) is 87.2 Å². The molecule has 4 aliphatic carbocycles. The van der Waals surface area contributed by atoms with Crippen LogP contribution in [0.3, 0.4) is 0 Å². The van der Waals surface area contributed by atoms with Crippen molar-refractivity contribution in [1.29, 1.82) is 0 Å². The molecular weight excluding hydrogens is 764 g/mol. The summed E-state index contributed by atoms with van der Waals surface area (Å²) in [4.78, 5) is 16.5. The van der Waals surface area contributed by atoms with E-state index in [0.29, 0.717) is 23.7 Å². The first kappa shape index (κ1) is 46.8. The maximum Gasteiger partial charge on any atom is 0.0849 e. The fraction of sp³-hybridized carbons (Fsp3) is 0.596. The van der Waals surface area contributed by atoms with E-state index in [4.69, 9.17) is 15.0 Å². The summed E-state index contributed by atoms with van der Waals surface area (Å²) in [7, 11) is 0. The van der Waals surface area contributed by atoms with Gasteiger partial charge in [0, 0.05) is 18.6 Å². The molecule has 3 aromatic rings. The number of pyridine rings is 1. The Hall–Kier alpha value is -1.62. The molecule has 3 nitrogen and oxygen atoms in total. The molecule has 7 heteroatoms. The second-order valence-corrected chi connectivity index (χ2v) is 16.7. The maximum atomic E-state index is 5.58. The second kappa shape index (κ2) is 22.4. The predicted octanol–water partition coefficient (Wildman–Crippen LogP) is 5.18. The van der Waals surface area contributed by atoms with Crippen LogP contribution in [0.2, 0.25) is 0 Å². The minimum absolute atomic E-state index is 0. The van der Waals surface area contributed by atoms with Gasteiger partial charge in [0.2, 0.25) is 0 Å². The van der Waals surface area contributed by atoms with Crippen molar-refractivity contribution in [3.63, 3.8) is 0 Å². The summed E-state index contributed by atoms with van der Waals surface area (Å²) in [6.07, 6.45) is 26.6. The van der Waals surface area contributed by atoms with Gasteiger partial charge in [-0.1, -0.05) is 119 Å². The molecule has 1 radical (unpaired) electrons. The van der Waals surface area contributed by atoms with Gasteiger partial charge in [-0.3, -0.25) is 9.98 Å². The van der Waals surface area contributed by atoms with Gasteiger partial charge in [-0.05, 0) is 137 Å². The van der Waals surface area contributed by atoms with Crippen molar-refractivity contribution in [2.24, 2.45) is 9.98 Å². The quantitative estimate of drug-likeness (QED) is 0.289. The fourth-order valence-electron chi connectivity index (χ4n) is 10.1. The van der Waals surface area contributed by atoms with Crippen LogP contribution in [0, 0.1) is 13.8 Å². The number of hydrogen-bond donors (Lipinski definition) is 0. The van der Waals surface area contributed by atoms with Crippen molar-refractivity contribution in [1.82, 2.24) is 4.98 Å². The standard InChI is InChI=1S/C47H63N3.3ClH.V/c1-32-28-40(36-18-9-5-10-19-36)46(41(29-32)37-20-11-6-12-21-37)48-34(3)44-26-17-27-45(50-44)35(4)49-47-42(38-22-13-7-14-23-38)30-33(2)31-43(47)39-24-15-8-16-25-39;;;;/h17,26-31,36-39H,5-16,18-25H2,1-4H3;3*1H;/p-3. The summed E-state index contributed by atoms with van der Waals surface area (Å²) in [5.41, 5.74) is 15.4. The number of nitrogens with zero attached hydrogens (tertiary/aromatic N) is 3. The molecule has 0 bridgehead atoms. The van der Waals surface area contributed by atoms with Crippen molar-refractivity contribution in [2.75, 3.05) is 0 Å². The normalized spacial score (nSPS) is 19.6. The summed E-state index contributed by atoms with van der Waals surface area (Å²) in [6, 6.07) is 16.4. The maximum absolute atomic E-state index is 5.58. The monoisotopic (exact) mass is 825 g/mol. The number of aliphatic imine (C=N–C) groups is 2. The molecule has 1 heterocycles. The van der Waals surface area contributed by atoms with Gasteiger partial charge in [-0.25, -0.2) is 4.98 Å². The third-order valence-electron chi connectivity index (χ3n) is 12.9. The molecule has 0 unspecified atom stereocenters. The Balaban J connectivity index is 0.00000196. The minimum Gasteiger partial charge on any atom is -1.00 e. The van der Waals surface area contributed by atoms with Gasteiger partial charge in [0.15, 0.2) is 0 Å². The Morgan fingerprint density at radius 1 is 0.463 bits per heavy atom. The molecule has 0 amide bonds. The average molecular weight is 827 g/mol. The van der Waals surface area contributed by atoms with Crippen LogP contribution >= 0.6 is 0 Å². The fourth-order valence-corrected chi connectivity index (χ4v) is 10.1. The van der Waals surface area contributed by atoms with Crippen LogP contribution in [0.4, 0.5) is 11.4 Å². The molecule has 295 valence electrons. The second-order valence-electron chi connectivity index (χ2n) is 16.7. The molecular formula is C47H63Cl3N3V-3. The van der Waals surface area contributed by atoms with E-state index in [2.05, 4.69) is 70.2 Å². The Bertz CT molecular complexity index is 1500. The van der Waals surface area contributed by atoms with Crippen molar-refractivity contribution in [3.8, 4) is 0 Å². The van der Waals surface area contributed by atoms with E-state index >= 15 is 0 Å². The third-order valence-corrected chi connectivity index (χ3v) is 12.9. The summed E-state index contributed by atoms with van der Waals surface area (Å²) < 4.78 is 0. The van der Waals surface area contributed by atoms with Gasteiger partial charge in [-0.15, -0.1) is 0 Å². The Labute approximate surface area is 358 Å². The van der Waals surface area contributed by atoms with E-state index < -0.39 is 0 Å². The molecule has 2 aromatic carbocycles. The van der Waals surface area contributed by atoms with E-state index in [1.165, 1.54) is 173 Å². The van der Waals surface area contributed by atoms with Crippen LogP contribution in [-0.4, -0.2) is 16.4 Å². The first-order chi connectivity index (χ1) is 24.4. The molecule has 0 aliphatic heterocycles. The molecule has 4 aliphatic rings. The zero-order valence-electron chi connectivity index (χ0n) is 33.4. The first-order valence-corrected chi connectivity index (χ1v) is 20.8. The molecule has 0 N–H and O–H groups in total. The molecule has 0 spiro atoms. The van der Waals surface area contributed by atoms with Crippen LogP contribution in [0.15, 0.2) is 52.4 Å². The largest absolute Gasteiger partial charge is 1.00 e. The van der Waals surface area contributed by atoms with Crippen LogP contribution in [0.1, 0.15) is 211 Å². The molecule has 4 saturated carbocycles. The van der Waals surface area contributed by atoms with Gasteiger partial charge in [0.1, 0.15) is 0 Å². The van der Waals surface area contributed by atoms with E-state index in [9.17, 15) is 0 Å². The van der Waals surface area contributed by atoms with Crippen molar-refractivity contribution < 1.29 is 55.8 Å². The molecule has 0 atom stereocenters. The first-order valence-electron chi connectivity index (χ1n) is 20.8. The van der Waals surface area contributed by atoms with Gasteiger partial charge in [0.25, 0.3) is 0 Å². The number of hydrogen-bond acceptors (Lipinski definition) is 3. The minimum atomic E-state index is 0. The Morgan fingerprint density at radius 3 is 0.981 bits per heavy atom. The van der Waals surface area contributed by atoms with Gasteiger partial charge in [0.05, 0.1) is 34.2 Å². The van der Waals surface area contributed by atoms with E-state index in [1.54, 1.807) is 0 Å². The number of aromatic nitrogens is 1. The molecule has 7 rings (SSSR count). The number of aryl methyl sites for hydroxylation is 2. The van der Waals surface area contributed by atoms with Crippen LogP contribution in [0.25, 0.3) is 0 Å². The topological polar surface area (TPSA) is 37.6 Å². The number of halogens is 3. The molecule has 1 aromatic heterocycles. The smallest absolute Gasteiger partial charge is 0.0849 e. The molecule has 54 heavy (non-hydrogen) atoms. The van der Waals surface area contributed by atoms with E-state index in [-0.39, 0.29) is 55.8 Å². The van der Waals surface area contributed by atoms with Crippen molar-refractivity contribution in [2.45, 2.75) is 180 Å². The van der Waals surface area contributed by atoms with Crippen molar-refractivity contribution >= 4 is 22.8 Å². The summed E-state index contributed by atoms with van der Waals surface area (Å²) >= 11 is 0. The molecule has 0 saturated heterocycles. The Morgan fingerprint density at radius 2 is 0.722 bits per heavy atom. The van der Waals surface area contributed by atoms with Gasteiger partial charge < -0.3 is 37.2 Å². The predicted molar refractivity (Wildman–Crippen MR) is 214 cm³/mol. The summed E-state index contributed by atoms with van der Waals surface area (Å²) in [5.74, 6) is 2.49. The number of benzene rings is 2.